The van der Waals surface area contributed by atoms with E-state index in [0.717, 1.165) is 10.7 Å². The van der Waals surface area contributed by atoms with Crippen LogP contribution in [-0.2, 0) is 26.2 Å². The maximum absolute atomic E-state index is 13.4. The molecule has 3 amide bonds. The Morgan fingerprint density at radius 3 is 2.40 bits per heavy atom. The highest BCUT2D eigenvalue weighted by molar-refractivity contribution is 7.90. The Balaban J connectivity index is 1.73. The molecule has 1 aliphatic heterocycles. The molecule has 188 valence electrons. The summed E-state index contributed by atoms with van der Waals surface area (Å²) < 4.78 is 39.6. The number of sulfonamides is 1. The summed E-state index contributed by atoms with van der Waals surface area (Å²) >= 11 is 0. The fourth-order valence-electron chi connectivity index (χ4n) is 4.04. The van der Waals surface area contributed by atoms with E-state index >= 15 is 0 Å². The van der Waals surface area contributed by atoms with Crippen molar-refractivity contribution in [3.8, 4) is 0 Å². The summed E-state index contributed by atoms with van der Waals surface area (Å²) in [5.41, 5.74) is 0.782. The Morgan fingerprint density at radius 1 is 1.09 bits per heavy atom. The molecule has 1 N–H and O–H groups in total. The number of hydrogen-bond acceptors (Lipinski definition) is 5. The molecular formula is C25H30FN3O5S. The number of nitrogens with zero attached hydrogens (tertiary/aromatic N) is 2. The number of fused-ring (bicyclic) bond motifs is 1. The minimum atomic E-state index is -3.95. The van der Waals surface area contributed by atoms with Gasteiger partial charge in [-0.1, -0.05) is 38.1 Å². The lowest BCUT2D eigenvalue weighted by molar-refractivity contribution is -0.141. The molecule has 0 radical (unpaired) electrons. The fraction of sp³-hybridized carbons (Fsp3) is 0.400. The molecule has 2 aromatic rings. The maximum atomic E-state index is 13.4. The number of nitrogens with one attached hydrogen (secondary N) is 1. The second-order valence-electron chi connectivity index (χ2n) is 8.35. The third kappa shape index (κ3) is 5.87. The first-order valence-corrected chi connectivity index (χ1v) is 13.1. The highest BCUT2D eigenvalue weighted by Crippen LogP contribution is 2.30. The smallest absolute Gasteiger partial charge is 0.269 e. The molecule has 0 aliphatic carbocycles. The molecule has 10 heteroatoms. The van der Waals surface area contributed by atoms with Gasteiger partial charge in [0, 0.05) is 26.1 Å². The van der Waals surface area contributed by atoms with Gasteiger partial charge in [-0.2, -0.15) is 0 Å². The van der Waals surface area contributed by atoms with Crippen molar-refractivity contribution in [3.63, 3.8) is 0 Å². The summed E-state index contributed by atoms with van der Waals surface area (Å²) in [5.74, 6) is -1.65. The lowest BCUT2D eigenvalue weighted by Gasteiger charge is -2.31. The van der Waals surface area contributed by atoms with Gasteiger partial charge in [0.1, 0.15) is 16.8 Å². The van der Waals surface area contributed by atoms with Gasteiger partial charge in [-0.3, -0.25) is 14.4 Å². The van der Waals surface area contributed by atoms with Crippen LogP contribution in [0.1, 0.15) is 55.5 Å². The van der Waals surface area contributed by atoms with Gasteiger partial charge in [-0.15, -0.1) is 0 Å². The van der Waals surface area contributed by atoms with E-state index in [1.165, 1.54) is 29.2 Å². The lowest BCUT2D eigenvalue weighted by Crippen LogP contribution is -2.49. The van der Waals surface area contributed by atoms with Crippen molar-refractivity contribution in [3.05, 3.63) is 65.5 Å². The molecule has 0 saturated carbocycles. The summed E-state index contributed by atoms with van der Waals surface area (Å²) in [5, 5.41) is 2.82. The molecule has 0 saturated heterocycles. The number of amides is 3. The average molecular weight is 504 g/mol. The molecule has 0 spiro atoms. The largest absolute Gasteiger partial charge is 0.354 e. The highest BCUT2D eigenvalue weighted by atomic mass is 32.2. The summed E-state index contributed by atoms with van der Waals surface area (Å²) in [6, 6.07) is 11.0. The van der Waals surface area contributed by atoms with Gasteiger partial charge >= 0.3 is 0 Å². The molecule has 35 heavy (non-hydrogen) atoms. The predicted molar refractivity (Wildman–Crippen MR) is 128 cm³/mol. The minimum absolute atomic E-state index is 0.0343. The number of benzene rings is 2. The van der Waals surface area contributed by atoms with Crippen LogP contribution in [0.25, 0.3) is 0 Å². The number of carbonyl (C=O) groups excluding carboxylic acids is 3. The third-order valence-corrected chi connectivity index (χ3v) is 7.71. The first-order chi connectivity index (χ1) is 16.7. The zero-order valence-electron chi connectivity index (χ0n) is 19.9. The van der Waals surface area contributed by atoms with Gasteiger partial charge in [0.05, 0.1) is 5.56 Å². The van der Waals surface area contributed by atoms with E-state index in [2.05, 4.69) is 5.32 Å². The zero-order valence-corrected chi connectivity index (χ0v) is 20.7. The lowest BCUT2D eigenvalue weighted by atomic mass is 10.1. The van der Waals surface area contributed by atoms with E-state index < -0.39 is 27.8 Å². The molecule has 1 heterocycles. The monoisotopic (exact) mass is 503 g/mol. The minimum Gasteiger partial charge on any atom is -0.354 e. The molecule has 0 bridgehead atoms. The van der Waals surface area contributed by atoms with Crippen LogP contribution in [0.2, 0.25) is 0 Å². The van der Waals surface area contributed by atoms with Crippen LogP contribution in [0.4, 0.5) is 4.39 Å². The number of carbonyl (C=O) groups is 3. The van der Waals surface area contributed by atoms with E-state index in [1.807, 2.05) is 6.92 Å². The molecule has 3 rings (SSSR count). The van der Waals surface area contributed by atoms with Crippen LogP contribution in [0, 0.1) is 5.82 Å². The standard InChI is InChI=1S/C25H30FN3O5S/c1-3-15-27-24(31)21(4-2)28(17-18-11-13-19(26)14-12-18)23(30)10-7-16-29-25(32)20-8-5-6-9-22(20)35(29,33)34/h5-6,8-9,11-14,21H,3-4,7,10,15-17H2,1-2H3,(H,27,31)/t21-/m0/s1. The summed E-state index contributed by atoms with van der Waals surface area (Å²) in [6.07, 6.45) is 1.16. The van der Waals surface area contributed by atoms with Crippen LogP contribution in [-0.4, -0.2) is 54.5 Å². The summed E-state index contributed by atoms with van der Waals surface area (Å²) in [6.45, 7) is 4.15. The van der Waals surface area contributed by atoms with Gasteiger partial charge in [0.15, 0.2) is 0 Å². The first-order valence-electron chi connectivity index (χ1n) is 11.7. The Kier molecular flexibility index (Phi) is 8.61. The second kappa shape index (κ2) is 11.4. The van der Waals surface area contributed by atoms with Crippen molar-refractivity contribution < 1.29 is 27.2 Å². The van der Waals surface area contributed by atoms with Gasteiger partial charge in [-0.05, 0) is 49.1 Å². The topological polar surface area (TPSA) is 104 Å². The van der Waals surface area contributed by atoms with Crippen LogP contribution >= 0.6 is 0 Å². The van der Waals surface area contributed by atoms with Gasteiger partial charge in [0.2, 0.25) is 11.8 Å². The van der Waals surface area contributed by atoms with Gasteiger partial charge < -0.3 is 10.2 Å². The van der Waals surface area contributed by atoms with Crippen molar-refractivity contribution in [1.82, 2.24) is 14.5 Å². The number of halogens is 1. The Bertz CT molecular complexity index is 1180. The van der Waals surface area contributed by atoms with Crippen molar-refractivity contribution in [2.24, 2.45) is 0 Å². The number of hydrogen-bond donors (Lipinski definition) is 1. The van der Waals surface area contributed by atoms with Crippen molar-refractivity contribution in [2.75, 3.05) is 13.1 Å². The summed E-state index contributed by atoms with van der Waals surface area (Å²) in [7, 11) is -3.95. The van der Waals surface area contributed by atoms with Gasteiger partial charge in [-0.25, -0.2) is 17.1 Å². The predicted octanol–water partition coefficient (Wildman–Crippen LogP) is 3.08. The van der Waals surface area contributed by atoms with Crippen LogP contribution in [0.3, 0.4) is 0 Å². The van der Waals surface area contributed by atoms with Crippen molar-refractivity contribution >= 4 is 27.7 Å². The van der Waals surface area contributed by atoms with E-state index in [-0.39, 0.29) is 48.2 Å². The van der Waals surface area contributed by atoms with Crippen LogP contribution in [0.5, 0.6) is 0 Å². The zero-order chi connectivity index (χ0) is 25.6. The SMILES string of the molecule is CCCNC(=O)[C@H](CC)N(Cc1ccc(F)cc1)C(=O)CCCN1C(=O)c2ccccc2S1(=O)=O. The molecule has 0 fully saturated rings. The molecule has 2 aromatic carbocycles. The van der Waals surface area contributed by atoms with Gasteiger partial charge in [0.25, 0.3) is 15.9 Å². The van der Waals surface area contributed by atoms with Crippen LogP contribution in [0.15, 0.2) is 53.4 Å². The Labute approximate surface area is 205 Å². The van der Waals surface area contributed by atoms with E-state index in [9.17, 15) is 27.2 Å². The fourth-order valence-corrected chi connectivity index (χ4v) is 5.65. The molecular weight excluding hydrogens is 473 g/mol. The first kappa shape index (κ1) is 26.3. The maximum Gasteiger partial charge on any atom is 0.269 e. The third-order valence-electron chi connectivity index (χ3n) is 5.87. The van der Waals surface area contributed by atoms with Crippen LogP contribution < -0.4 is 5.32 Å². The van der Waals surface area contributed by atoms with E-state index in [4.69, 9.17) is 0 Å². The molecule has 1 atom stereocenters. The average Bonchev–Trinajstić information content (AvgIpc) is 3.04. The highest BCUT2D eigenvalue weighted by Gasteiger charge is 2.40. The van der Waals surface area contributed by atoms with Crippen molar-refractivity contribution in [1.29, 1.82) is 0 Å². The number of rotatable bonds is 11. The molecule has 0 aromatic heterocycles. The molecule has 8 nitrogen and oxygen atoms in total. The molecule has 1 aliphatic rings. The Hall–Kier alpha value is -3.27. The summed E-state index contributed by atoms with van der Waals surface area (Å²) in [4.78, 5) is 40.0. The second-order valence-corrected chi connectivity index (χ2v) is 10.2. The quantitative estimate of drug-likeness (QED) is 0.508. The molecule has 0 unspecified atom stereocenters. The van der Waals surface area contributed by atoms with E-state index in [1.54, 1.807) is 31.2 Å². The Morgan fingerprint density at radius 2 is 1.77 bits per heavy atom. The van der Waals surface area contributed by atoms with Crippen molar-refractivity contribution in [2.45, 2.75) is 57.0 Å². The van der Waals surface area contributed by atoms with E-state index in [0.29, 0.717) is 18.5 Å². The normalized spacial score (nSPS) is 14.9.